The third-order valence-corrected chi connectivity index (χ3v) is 4.18. The average molecular weight is 283 g/mol. The summed E-state index contributed by atoms with van der Waals surface area (Å²) in [6, 6.07) is 3.85. The predicted molar refractivity (Wildman–Crippen MR) is 81.0 cm³/mol. The van der Waals surface area contributed by atoms with E-state index in [9.17, 15) is 0 Å². The monoisotopic (exact) mass is 283 g/mol. The lowest BCUT2D eigenvalue weighted by molar-refractivity contribution is 0.00578. The summed E-state index contributed by atoms with van der Waals surface area (Å²) in [5.74, 6) is 0. The predicted octanol–water partition coefficient (Wildman–Crippen LogP) is 1.84. The van der Waals surface area contributed by atoms with E-state index in [1.165, 1.54) is 6.33 Å². The highest BCUT2D eigenvalue weighted by molar-refractivity contribution is 6.63. The smallest absolute Gasteiger partial charge is 0.399 e. The Bertz CT molecular complexity index is 630. The van der Waals surface area contributed by atoms with E-state index in [0.717, 1.165) is 16.7 Å². The molecule has 1 fully saturated rings. The van der Waals surface area contributed by atoms with Crippen molar-refractivity contribution in [3.63, 3.8) is 0 Å². The van der Waals surface area contributed by atoms with Gasteiger partial charge in [-0.25, -0.2) is 9.97 Å². The molecule has 0 N–H and O–H groups in total. The molecular formula is C15H18BN3O2. The van der Waals surface area contributed by atoms with Crippen molar-refractivity contribution in [3.05, 3.63) is 37.1 Å². The van der Waals surface area contributed by atoms with Crippen LogP contribution < -0.4 is 5.46 Å². The lowest BCUT2D eigenvalue weighted by Gasteiger charge is -2.32. The largest absolute Gasteiger partial charge is 0.497 e. The Kier molecular flexibility index (Phi) is 3.30. The Balaban J connectivity index is 2.02. The number of rotatable bonds is 2. The summed E-state index contributed by atoms with van der Waals surface area (Å²) in [6.45, 7) is 8.15. The molecule has 0 radical (unpaired) electrons. The number of pyridine rings is 1. The molecule has 1 saturated heterocycles. The molecule has 3 rings (SSSR count). The van der Waals surface area contributed by atoms with E-state index in [2.05, 4.69) is 15.0 Å². The van der Waals surface area contributed by atoms with Gasteiger partial charge in [0, 0.05) is 29.6 Å². The van der Waals surface area contributed by atoms with Gasteiger partial charge in [-0.3, -0.25) is 4.98 Å². The first kappa shape index (κ1) is 14.2. The Hall–Kier alpha value is -1.79. The zero-order valence-electron chi connectivity index (χ0n) is 12.7. The Labute approximate surface area is 124 Å². The van der Waals surface area contributed by atoms with Gasteiger partial charge in [-0.1, -0.05) is 6.07 Å². The summed E-state index contributed by atoms with van der Waals surface area (Å²) in [6.07, 6.45) is 6.73. The van der Waals surface area contributed by atoms with E-state index in [1.807, 2.05) is 39.8 Å². The molecule has 2 aromatic rings. The van der Waals surface area contributed by atoms with Crippen LogP contribution in [0.1, 0.15) is 27.7 Å². The molecule has 0 atom stereocenters. The van der Waals surface area contributed by atoms with Crippen LogP contribution in [0.5, 0.6) is 0 Å². The van der Waals surface area contributed by atoms with Gasteiger partial charge in [-0.2, -0.15) is 0 Å². The van der Waals surface area contributed by atoms with Gasteiger partial charge in [-0.05, 0) is 33.8 Å². The first-order chi connectivity index (χ1) is 9.91. The van der Waals surface area contributed by atoms with Crippen LogP contribution in [-0.2, 0) is 9.31 Å². The maximum Gasteiger partial charge on any atom is 0.497 e. The van der Waals surface area contributed by atoms with Crippen molar-refractivity contribution >= 4 is 12.6 Å². The first-order valence-electron chi connectivity index (χ1n) is 6.97. The van der Waals surface area contributed by atoms with Gasteiger partial charge in [0.2, 0.25) is 0 Å². The Morgan fingerprint density at radius 2 is 1.62 bits per heavy atom. The minimum absolute atomic E-state index is 0.377. The zero-order chi connectivity index (χ0) is 15.1. The molecule has 2 aromatic heterocycles. The van der Waals surface area contributed by atoms with Crippen LogP contribution in [0.25, 0.3) is 11.3 Å². The molecule has 0 amide bonds. The fourth-order valence-corrected chi connectivity index (χ4v) is 2.24. The van der Waals surface area contributed by atoms with Gasteiger partial charge in [0.1, 0.15) is 6.33 Å². The summed E-state index contributed by atoms with van der Waals surface area (Å²) >= 11 is 0. The molecule has 0 unspecified atom stereocenters. The van der Waals surface area contributed by atoms with Gasteiger partial charge < -0.3 is 9.31 Å². The van der Waals surface area contributed by atoms with E-state index >= 15 is 0 Å². The Morgan fingerprint density at radius 1 is 1.00 bits per heavy atom. The van der Waals surface area contributed by atoms with Crippen molar-refractivity contribution in [2.24, 2.45) is 0 Å². The number of aromatic nitrogens is 3. The van der Waals surface area contributed by atoms with Gasteiger partial charge >= 0.3 is 7.12 Å². The van der Waals surface area contributed by atoms with Crippen LogP contribution in [0.15, 0.2) is 37.1 Å². The molecule has 3 heterocycles. The third-order valence-electron chi connectivity index (χ3n) is 4.18. The van der Waals surface area contributed by atoms with Crippen LogP contribution >= 0.6 is 0 Å². The maximum atomic E-state index is 6.11. The maximum absolute atomic E-state index is 6.11. The van der Waals surface area contributed by atoms with Crippen LogP contribution in [0.2, 0.25) is 0 Å². The van der Waals surface area contributed by atoms with E-state index in [1.54, 1.807) is 18.6 Å². The van der Waals surface area contributed by atoms with Crippen molar-refractivity contribution in [2.45, 2.75) is 38.9 Å². The number of hydrogen-bond acceptors (Lipinski definition) is 5. The second kappa shape index (κ2) is 4.89. The summed E-state index contributed by atoms with van der Waals surface area (Å²) < 4.78 is 12.2. The number of nitrogens with zero attached hydrogens (tertiary/aromatic N) is 3. The lowest BCUT2D eigenvalue weighted by atomic mass is 9.77. The molecule has 1 aliphatic rings. The Morgan fingerprint density at radius 3 is 2.24 bits per heavy atom. The van der Waals surface area contributed by atoms with Crippen molar-refractivity contribution in [1.82, 2.24) is 15.0 Å². The highest BCUT2D eigenvalue weighted by atomic mass is 16.7. The van der Waals surface area contributed by atoms with Crippen LogP contribution in [-0.4, -0.2) is 33.3 Å². The van der Waals surface area contributed by atoms with Crippen molar-refractivity contribution in [1.29, 1.82) is 0 Å². The highest BCUT2D eigenvalue weighted by Gasteiger charge is 2.52. The fourth-order valence-electron chi connectivity index (χ4n) is 2.24. The topological polar surface area (TPSA) is 57.1 Å². The van der Waals surface area contributed by atoms with Crippen molar-refractivity contribution < 1.29 is 9.31 Å². The standard InChI is InChI=1S/C15H18BN3O2/c1-14(2)15(3,4)21-16(20-14)12-6-5-7-19-13(12)11-8-17-10-18-9-11/h5-10H,1-4H3. The van der Waals surface area contributed by atoms with Gasteiger partial charge in [0.05, 0.1) is 16.9 Å². The van der Waals surface area contributed by atoms with Crippen LogP contribution in [0.3, 0.4) is 0 Å². The van der Waals surface area contributed by atoms with E-state index in [4.69, 9.17) is 9.31 Å². The molecule has 0 bridgehead atoms. The highest BCUT2D eigenvalue weighted by Crippen LogP contribution is 2.37. The molecule has 108 valence electrons. The molecule has 0 aromatic carbocycles. The molecule has 21 heavy (non-hydrogen) atoms. The van der Waals surface area contributed by atoms with E-state index < -0.39 is 7.12 Å². The summed E-state index contributed by atoms with van der Waals surface area (Å²) in [5, 5.41) is 0. The van der Waals surface area contributed by atoms with Crippen molar-refractivity contribution in [2.75, 3.05) is 0 Å². The van der Waals surface area contributed by atoms with E-state index in [-0.39, 0.29) is 11.2 Å². The molecular weight excluding hydrogens is 265 g/mol. The van der Waals surface area contributed by atoms with Crippen LogP contribution in [0, 0.1) is 0 Å². The lowest BCUT2D eigenvalue weighted by Crippen LogP contribution is -2.41. The number of hydrogen-bond donors (Lipinski definition) is 0. The SMILES string of the molecule is CC1(C)OB(c2cccnc2-c2cncnc2)OC1(C)C. The summed E-state index contributed by atoms with van der Waals surface area (Å²) in [5.41, 5.74) is 1.78. The minimum atomic E-state index is -0.445. The molecule has 0 saturated carbocycles. The van der Waals surface area contributed by atoms with Crippen LogP contribution in [0.4, 0.5) is 0 Å². The zero-order valence-corrected chi connectivity index (χ0v) is 12.7. The first-order valence-corrected chi connectivity index (χ1v) is 6.97. The normalized spacial score (nSPS) is 19.7. The molecule has 0 aliphatic carbocycles. The fraction of sp³-hybridized carbons (Fsp3) is 0.400. The summed E-state index contributed by atoms with van der Waals surface area (Å²) in [4.78, 5) is 12.6. The molecule has 6 heteroatoms. The van der Waals surface area contributed by atoms with Crippen molar-refractivity contribution in [3.8, 4) is 11.3 Å². The third kappa shape index (κ3) is 2.45. The molecule has 1 aliphatic heterocycles. The second-order valence-corrected chi connectivity index (χ2v) is 6.16. The molecule has 5 nitrogen and oxygen atoms in total. The minimum Gasteiger partial charge on any atom is -0.399 e. The quantitative estimate of drug-likeness (QED) is 0.787. The average Bonchev–Trinajstić information content (AvgIpc) is 2.68. The van der Waals surface area contributed by atoms with Gasteiger partial charge in [-0.15, -0.1) is 0 Å². The summed E-state index contributed by atoms with van der Waals surface area (Å²) in [7, 11) is -0.445. The van der Waals surface area contributed by atoms with E-state index in [0.29, 0.717) is 0 Å². The van der Waals surface area contributed by atoms with Gasteiger partial charge in [0.15, 0.2) is 0 Å². The molecule has 0 spiro atoms. The second-order valence-electron chi connectivity index (χ2n) is 6.16. The van der Waals surface area contributed by atoms with Gasteiger partial charge in [0.25, 0.3) is 0 Å².